The summed E-state index contributed by atoms with van der Waals surface area (Å²) in [6, 6.07) is 7.41. The number of hydrogen-bond acceptors (Lipinski definition) is 4. The molecule has 1 aliphatic heterocycles. The highest BCUT2D eigenvalue weighted by Crippen LogP contribution is 2.33. The van der Waals surface area contributed by atoms with Crippen LogP contribution >= 0.6 is 12.4 Å². The molecule has 2 N–H and O–H groups in total. The molecule has 7 heteroatoms. The quantitative estimate of drug-likeness (QED) is 0.697. The fourth-order valence-electron chi connectivity index (χ4n) is 2.48. The summed E-state index contributed by atoms with van der Waals surface area (Å²) in [6.45, 7) is 6.50. The first-order chi connectivity index (χ1) is 11.1. The second kappa shape index (κ2) is 10.2. The maximum absolute atomic E-state index is 12.3. The number of para-hydroxylation sites is 2. The summed E-state index contributed by atoms with van der Waals surface area (Å²) in [5, 5.41) is 6.09. The molecule has 2 rings (SSSR count). The maximum Gasteiger partial charge on any atom is 0.267 e. The zero-order valence-electron chi connectivity index (χ0n) is 14.2. The summed E-state index contributed by atoms with van der Waals surface area (Å²) < 4.78 is 5.58. The zero-order valence-corrected chi connectivity index (χ0v) is 15.0. The minimum Gasteiger partial charge on any atom is -0.479 e. The Morgan fingerprint density at radius 3 is 2.75 bits per heavy atom. The molecule has 0 saturated carbocycles. The van der Waals surface area contributed by atoms with Gasteiger partial charge in [0.1, 0.15) is 5.75 Å². The van der Waals surface area contributed by atoms with Crippen molar-refractivity contribution in [2.75, 3.05) is 31.1 Å². The van der Waals surface area contributed by atoms with E-state index in [0.29, 0.717) is 18.8 Å². The second-order valence-electron chi connectivity index (χ2n) is 5.57. The molecule has 6 nitrogen and oxygen atoms in total. The van der Waals surface area contributed by atoms with Gasteiger partial charge in [-0.05, 0) is 32.0 Å². The van der Waals surface area contributed by atoms with Crippen molar-refractivity contribution in [2.24, 2.45) is 0 Å². The minimum absolute atomic E-state index is 0. The smallest absolute Gasteiger partial charge is 0.267 e. The highest BCUT2D eigenvalue weighted by Gasteiger charge is 2.31. The Labute approximate surface area is 149 Å². The number of rotatable bonds is 8. The highest BCUT2D eigenvalue weighted by molar-refractivity contribution is 6.00. The van der Waals surface area contributed by atoms with Crippen molar-refractivity contribution in [1.82, 2.24) is 10.6 Å². The molecule has 1 atom stereocenters. The second-order valence-corrected chi connectivity index (χ2v) is 5.57. The van der Waals surface area contributed by atoms with Gasteiger partial charge in [0.25, 0.3) is 5.91 Å². The van der Waals surface area contributed by atoms with Gasteiger partial charge in [0.15, 0.2) is 6.10 Å². The molecule has 1 aromatic carbocycles. The van der Waals surface area contributed by atoms with Crippen LogP contribution in [0, 0.1) is 0 Å². The fraction of sp³-hybridized carbons (Fsp3) is 0.529. The van der Waals surface area contributed by atoms with Gasteiger partial charge < -0.3 is 20.3 Å². The first-order valence-electron chi connectivity index (χ1n) is 8.18. The average Bonchev–Trinajstić information content (AvgIpc) is 2.55. The van der Waals surface area contributed by atoms with Crippen molar-refractivity contribution in [1.29, 1.82) is 0 Å². The van der Waals surface area contributed by atoms with Crippen LogP contribution in [0.15, 0.2) is 24.3 Å². The van der Waals surface area contributed by atoms with Crippen molar-refractivity contribution in [3.8, 4) is 5.75 Å². The normalized spacial score (nSPS) is 16.0. The molecule has 24 heavy (non-hydrogen) atoms. The molecule has 134 valence electrons. The van der Waals surface area contributed by atoms with Gasteiger partial charge in [-0.3, -0.25) is 9.59 Å². The number of anilines is 1. The fourth-order valence-corrected chi connectivity index (χ4v) is 2.48. The van der Waals surface area contributed by atoms with Crippen LogP contribution in [0.5, 0.6) is 5.75 Å². The van der Waals surface area contributed by atoms with E-state index >= 15 is 0 Å². The van der Waals surface area contributed by atoms with E-state index in [-0.39, 0.29) is 30.6 Å². The number of nitrogens with one attached hydrogen (secondary N) is 2. The number of amides is 2. The number of carbonyl (C=O) groups excluding carboxylic acids is 2. The van der Waals surface area contributed by atoms with Crippen LogP contribution in [0.2, 0.25) is 0 Å². The maximum atomic E-state index is 12.3. The standard InChI is InChI=1S/C17H25N3O3.ClH/c1-3-9-18-10-11-19-16(21)8-12-20-14-6-4-5-7-15(14)23-13(2)17(20)22;/h4-7,13,18H,3,8-12H2,1-2H3,(H,19,21);1H. The molecule has 0 spiro atoms. The van der Waals surface area contributed by atoms with Crippen LogP contribution in [0.1, 0.15) is 26.7 Å². The van der Waals surface area contributed by atoms with Crippen LogP contribution in [0.3, 0.4) is 0 Å². The van der Waals surface area contributed by atoms with Crippen LogP contribution in [0.4, 0.5) is 5.69 Å². The number of benzene rings is 1. The summed E-state index contributed by atoms with van der Waals surface area (Å²) in [5.41, 5.74) is 0.730. The van der Waals surface area contributed by atoms with Crippen LogP contribution in [-0.2, 0) is 9.59 Å². The molecule has 0 aromatic heterocycles. The van der Waals surface area contributed by atoms with Gasteiger partial charge in [-0.25, -0.2) is 0 Å². The molecule has 0 aliphatic carbocycles. The monoisotopic (exact) mass is 355 g/mol. The third-order valence-electron chi connectivity index (χ3n) is 3.69. The molecule has 0 radical (unpaired) electrons. The summed E-state index contributed by atoms with van der Waals surface area (Å²) in [5.74, 6) is 0.526. The Kier molecular flexibility index (Phi) is 8.57. The van der Waals surface area contributed by atoms with E-state index in [1.807, 2.05) is 24.3 Å². The predicted molar refractivity (Wildman–Crippen MR) is 96.9 cm³/mol. The number of fused-ring (bicyclic) bond motifs is 1. The molecule has 0 bridgehead atoms. The number of ether oxygens (including phenoxy) is 1. The predicted octanol–water partition coefficient (Wildman–Crippen LogP) is 1.73. The number of halogens is 1. The average molecular weight is 356 g/mol. The van der Waals surface area contributed by atoms with Crippen molar-refractivity contribution in [3.05, 3.63) is 24.3 Å². The van der Waals surface area contributed by atoms with E-state index in [0.717, 1.165) is 25.2 Å². The summed E-state index contributed by atoms with van der Waals surface area (Å²) in [7, 11) is 0. The summed E-state index contributed by atoms with van der Waals surface area (Å²) in [4.78, 5) is 25.8. The number of nitrogens with zero attached hydrogens (tertiary/aromatic N) is 1. The summed E-state index contributed by atoms with van der Waals surface area (Å²) in [6.07, 6.45) is 0.830. The van der Waals surface area contributed by atoms with E-state index in [1.165, 1.54) is 0 Å². The van der Waals surface area contributed by atoms with E-state index in [9.17, 15) is 9.59 Å². The van der Waals surface area contributed by atoms with E-state index in [4.69, 9.17) is 4.74 Å². The molecule has 1 aromatic rings. The van der Waals surface area contributed by atoms with E-state index < -0.39 is 6.10 Å². The lowest BCUT2D eigenvalue weighted by atomic mass is 10.1. The topological polar surface area (TPSA) is 70.7 Å². The Hall–Kier alpha value is -1.79. The third kappa shape index (κ3) is 5.39. The Morgan fingerprint density at radius 1 is 1.25 bits per heavy atom. The lowest BCUT2D eigenvalue weighted by molar-refractivity contribution is -0.125. The van der Waals surface area contributed by atoms with Gasteiger partial charge in [-0.15, -0.1) is 12.4 Å². The van der Waals surface area contributed by atoms with E-state index in [1.54, 1.807) is 11.8 Å². The van der Waals surface area contributed by atoms with E-state index in [2.05, 4.69) is 17.6 Å². The Balaban J connectivity index is 0.00000288. The van der Waals surface area contributed by atoms with Gasteiger partial charge in [-0.2, -0.15) is 0 Å². The highest BCUT2D eigenvalue weighted by atomic mass is 35.5. The van der Waals surface area contributed by atoms with Crippen molar-refractivity contribution in [3.63, 3.8) is 0 Å². The Bertz CT molecular complexity index is 554. The minimum atomic E-state index is -0.522. The lowest BCUT2D eigenvalue weighted by Gasteiger charge is -2.32. The zero-order chi connectivity index (χ0) is 16.7. The third-order valence-corrected chi connectivity index (χ3v) is 3.69. The number of carbonyl (C=O) groups is 2. The molecular weight excluding hydrogens is 330 g/mol. The van der Waals surface area contributed by atoms with Gasteiger partial charge in [0.05, 0.1) is 5.69 Å². The SMILES string of the molecule is CCCNCCNC(=O)CCN1C(=O)C(C)Oc2ccccc21.Cl. The molecule has 1 aliphatic rings. The van der Waals surface area contributed by atoms with Gasteiger partial charge in [0, 0.05) is 26.1 Å². The molecule has 0 saturated heterocycles. The largest absolute Gasteiger partial charge is 0.479 e. The van der Waals surface area contributed by atoms with Crippen molar-refractivity contribution in [2.45, 2.75) is 32.8 Å². The van der Waals surface area contributed by atoms with Crippen LogP contribution in [-0.4, -0.2) is 44.1 Å². The van der Waals surface area contributed by atoms with Crippen LogP contribution in [0.25, 0.3) is 0 Å². The number of hydrogen-bond donors (Lipinski definition) is 2. The summed E-state index contributed by atoms with van der Waals surface area (Å²) >= 11 is 0. The Morgan fingerprint density at radius 2 is 2.00 bits per heavy atom. The first kappa shape index (κ1) is 20.3. The van der Waals surface area contributed by atoms with Crippen molar-refractivity contribution < 1.29 is 14.3 Å². The lowest BCUT2D eigenvalue weighted by Crippen LogP contribution is -2.46. The van der Waals surface area contributed by atoms with Gasteiger partial charge >= 0.3 is 0 Å². The molecular formula is C17H26ClN3O3. The molecule has 1 unspecified atom stereocenters. The molecule has 2 amide bonds. The molecule has 1 heterocycles. The van der Waals surface area contributed by atoms with Gasteiger partial charge in [0.2, 0.25) is 5.91 Å². The van der Waals surface area contributed by atoms with Crippen molar-refractivity contribution >= 4 is 29.9 Å². The first-order valence-corrected chi connectivity index (χ1v) is 8.18. The molecule has 0 fully saturated rings. The van der Waals surface area contributed by atoms with Crippen LogP contribution < -0.4 is 20.3 Å². The van der Waals surface area contributed by atoms with Gasteiger partial charge in [-0.1, -0.05) is 19.1 Å².